The molecule has 0 saturated heterocycles. The van der Waals surface area contributed by atoms with Gasteiger partial charge in [0, 0.05) is 18.4 Å². The molecule has 1 amide bonds. The van der Waals surface area contributed by atoms with Crippen LogP contribution in [0.2, 0.25) is 0 Å². The third-order valence-electron chi connectivity index (χ3n) is 3.13. The van der Waals surface area contributed by atoms with Crippen LogP contribution in [-0.4, -0.2) is 19.1 Å². The fraction of sp³-hybridized carbons (Fsp3) is 0.533. The highest BCUT2D eigenvalue weighted by Crippen LogP contribution is 2.25. The first-order chi connectivity index (χ1) is 8.47. The number of fused-ring (bicyclic) bond motifs is 1. The zero-order valence-electron chi connectivity index (χ0n) is 11.4. The highest BCUT2D eigenvalue weighted by atomic mass is 16.5. The van der Waals surface area contributed by atoms with E-state index < -0.39 is 0 Å². The van der Waals surface area contributed by atoms with Gasteiger partial charge in [-0.2, -0.15) is 0 Å². The minimum Gasteiger partial charge on any atom is -0.493 e. The van der Waals surface area contributed by atoms with Crippen LogP contribution in [0.3, 0.4) is 0 Å². The minimum absolute atomic E-state index is 0.104. The second-order valence-corrected chi connectivity index (χ2v) is 5.80. The molecule has 2 rings (SSSR count). The fourth-order valence-corrected chi connectivity index (χ4v) is 1.98. The van der Waals surface area contributed by atoms with Crippen molar-refractivity contribution >= 4 is 5.91 Å². The Morgan fingerprint density at radius 1 is 1.39 bits per heavy atom. The van der Waals surface area contributed by atoms with Crippen LogP contribution in [0.25, 0.3) is 0 Å². The van der Waals surface area contributed by atoms with E-state index in [-0.39, 0.29) is 11.3 Å². The molecule has 1 aromatic carbocycles. The van der Waals surface area contributed by atoms with Crippen molar-refractivity contribution in [3.8, 4) is 5.75 Å². The van der Waals surface area contributed by atoms with Gasteiger partial charge in [0.1, 0.15) is 5.75 Å². The molecular weight excluding hydrogens is 226 g/mol. The van der Waals surface area contributed by atoms with Crippen molar-refractivity contribution in [3.63, 3.8) is 0 Å². The van der Waals surface area contributed by atoms with Gasteiger partial charge < -0.3 is 10.1 Å². The molecule has 1 aromatic rings. The Hall–Kier alpha value is -1.51. The van der Waals surface area contributed by atoms with Crippen LogP contribution in [0.5, 0.6) is 5.75 Å². The van der Waals surface area contributed by atoms with Gasteiger partial charge in [-0.1, -0.05) is 32.9 Å². The number of nitrogens with one attached hydrogen (secondary N) is 1. The Morgan fingerprint density at radius 2 is 2.17 bits per heavy atom. The lowest BCUT2D eigenvalue weighted by atomic mass is 9.95. The van der Waals surface area contributed by atoms with Crippen molar-refractivity contribution in [1.29, 1.82) is 0 Å². The first-order valence-electron chi connectivity index (χ1n) is 6.50. The maximum Gasteiger partial charge on any atom is 0.225 e. The van der Waals surface area contributed by atoms with Crippen molar-refractivity contribution in [1.82, 2.24) is 5.32 Å². The van der Waals surface area contributed by atoms with Crippen molar-refractivity contribution in [2.24, 2.45) is 5.41 Å². The van der Waals surface area contributed by atoms with E-state index in [1.807, 2.05) is 26.8 Å². The summed E-state index contributed by atoms with van der Waals surface area (Å²) in [6.07, 6.45) is 1.87. The number of carbonyl (C=O) groups excluding carboxylic acids is 1. The summed E-state index contributed by atoms with van der Waals surface area (Å²) in [4.78, 5) is 11.7. The first kappa shape index (κ1) is 12.9. The molecule has 0 fully saturated rings. The summed E-state index contributed by atoms with van der Waals surface area (Å²) in [5.41, 5.74) is 2.23. The first-order valence-corrected chi connectivity index (χ1v) is 6.50. The summed E-state index contributed by atoms with van der Waals surface area (Å²) in [6, 6.07) is 6.29. The average Bonchev–Trinajstić information content (AvgIpc) is 2.74. The minimum atomic E-state index is -0.314. The maximum absolute atomic E-state index is 11.7. The Balaban J connectivity index is 1.86. The largest absolute Gasteiger partial charge is 0.493 e. The van der Waals surface area contributed by atoms with Crippen LogP contribution in [-0.2, 0) is 17.6 Å². The average molecular weight is 247 g/mol. The second-order valence-electron chi connectivity index (χ2n) is 5.80. The highest BCUT2D eigenvalue weighted by molar-refractivity contribution is 5.81. The van der Waals surface area contributed by atoms with Gasteiger partial charge in [-0.3, -0.25) is 4.79 Å². The summed E-state index contributed by atoms with van der Waals surface area (Å²) >= 11 is 0. The molecule has 1 aliphatic heterocycles. The Morgan fingerprint density at radius 3 is 2.89 bits per heavy atom. The number of hydrogen-bond acceptors (Lipinski definition) is 2. The topological polar surface area (TPSA) is 38.3 Å². The summed E-state index contributed by atoms with van der Waals surface area (Å²) in [5.74, 6) is 1.12. The zero-order valence-corrected chi connectivity index (χ0v) is 11.4. The number of hydrogen-bond donors (Lipinski definition) is 1. The van der Waals surface area contributed by atoms with Gasteiger partial charge in [-0.05, 0) is 23.6 Å². The van der Waals surface area contributed by atoms with E-state index in [2.05, 4.69) is 17.4 Å². The number of rotatable bonds is 3. The molecule has 1 heterocycles. The molecule has 0 aromatic heterocycles. The van der Waals surface area contributed by atoms with Gasteiger partial charge in [-0.25, -0.2) is 0 Å². The molecule has 0 bridgehead atoms. The van der Waals surface area contributed by atoms with Crippen LogP contribution in [0.1, 0.15) is 31.9 Å². The van der Waals surface area contributed by atoms with Gasteiger partial charge in [-0.15, -0.1) is 0 Å². The molecule has 0 aliphatic carbocycles. The molecule has 1 aliphatic rings. The quantitative estimate of drug-likeness (QED) is 0.890. The molecule has 0 radical (unpaired) electrons. The van der Waals surface area contributed by atoms with Gasteiger partial charge in [0.2, 0.25) is 5.91 Å². The Bertz CT molecular complexity index is 446. The molecule has 0 spiro atoms. The molecule has 0 saturated carbocycles. The van der Waals surface area contributed by atoms with Gasteiger partial charge in [0.25, 0.3) is 0 Å². The van der Waals surface area contributed by atoms with E-state index in [0.29, 0.717) is 6.54 Å². The lowest BCUT2D eigenvalue weighted by Gasteiger charge is -2.17. The Labute approximate surface area is 109 Å². The summed E-state index contributed by atoms with van der Waals surface area (Å²) in [6.45, 7) is 7.26. The SMILES string of the molecule is CC(C)(C)C(=O)NCCc1ccc2c(c1)CCO2. The predicted octanol–water partition coefficient (Wildman–Crippen LogP) is 2.33. The summed E-state index contributed by atoms with van der Waals surface area (Å²) < 4.78 is 5.47. The smallest absolute Gasteiger partial charge is 0.225 e. The molecule has 1 N–H and O–H groups in total. The number of carbonyl (C=O) groups is 1. The van der Waals surface area contributed by atoms with E-state index in [1.165, 1.54) is 11.1 Å². The van der Waals surface area contributed by atoms with E-state index in [0.717, 1.165) is 25.2 Å². The van der Waals surface area contributed by atoms with Gasteiger partial charge in [0.15, 0.2) is 0 Å². The molecule has 0 unspecified atom stereocenters. The predicted molar refractivity (Wildman–Crippen MR) is 71.8 cm³/mol. The van der Waals surface area contributed by atoms with Crippen LogP contribution >= 0.6 is 0 Å². The lowest BCUT2D eigenvalue weighted by molar-refractivity contribution is -0.128. The van der Waals surface area contributed by atoms with E-state index >= 15 is 0 Å². The molecule has 98 valence electrons. The van der Waals surface area contributed by atoms with Gasteiger partial charge in [0.05, 0.1) is 6.61 Å². The van der Waals surface area contributed by atoms with Crippen molar-refractivity contribution in [2.75, 3.05) is 13.2 Å². The van der Waals surface area contributed by atoms with Crippen molar-refractivity contribution in [3.05, 3.63) is 29.3 Å². The van der Waals surface area contributed by atoms with E-state index in [4.69, 9.17) is 4.74 Å². The second kappa shape index (κ2) is 5.01. The molecule has 0 atom stereocenters. The zero-order chi connectivity index (χ0) is 13.2. The summed E-state index contributed by atoms with van der Waals surface area (Å²) in [5, 5.41) is 2.97. The molecule has 3 nitrogen and oxygen atoms in total. The number of amides is 1. The number of benzene rings is 1. The van der Waals surface area contributed by atoms with Crippen LogP contribution in [0.4, 0.5) is 0 Å². The fourth-order valence-electron chi connectivity index (χ4n) is 1.98. The standard InChI is InChI=1S/C15H21NO2/c1-15(2,3)14(17)16-8-6-11-4-5-13-12(10-11)7-9-18-13/h4-5,10H,6-9H2,1-3H3,(H,16,17). The lowest BCUT2D eigenvalue weighted by Crippen LogP contribution is -2.35. The van der Waals surface area contributed by atoms with Gasteiger partial charge >= 0.3 is 0 Å². The molecule has 3 heteroatoms. The third kappa shape index (κ3) is 3.03. The van der Waals surface area contributed by atoms with Crippen LogP contribution < -0.4 is 10.1 Å². The summed E-state index contributed by atoms with van der Waals surface area (Å²) in [7, 11) is 0. The Kier molecular flexibility index (Phi) is 3.60. The van der Waals surface area contributed by atoms with Crippen molar-refractivity contribution < 1.29 is 9.53 Å². The van der Waals surface area contributed by atoms with Crippen LogP contribution in [0.15, 0.2) is 18.2 Å². The third-order valence-corrected chi connectivity index (χ3v) is 3.13. The molecular formula is C15H21NO2. The van der Waals surface area contributed by atoms with E-state index in [9.17, 15) is 4.79 Å². The van der Waals surface area contributed by atoms with E-state index in [1.54, 1.807) is 0 Å². The maximum atomic E-state index is 11.7. The highest BCUT2D eigenvalue weighted by Gasteiger charge is 2.20. The van der Waals surface area contributed by atoms with Crippen molar-refractivity contribution in [2.45, 2.75) is 33.6 Å². The monoisotopic (exact) mass is 247 g/mol. The molecule has 18 heavy (non-hydrogen) atoms. The number of ether oxygens (including phenoxy) is 1. The normalized spacial score (nSPS) is 13.9. The van der Waals surface area contributed by atoms with Crippen LogP contribution in [0, 0.1) is 5.41 Å².